The summed E-state index contributed by atoms with van der Waals surface area (Å²) in [6, 6.07) is 14.0. The number of methoxy groups -OCH3 is 2. The lowest BCUT2D eigenvalue weighted by Crippen LogP contribution is -2.00. The van der Waals surface area contributed by atoms with E-state index in [0.717, 1.165) is 28.0 Å². The number of H-pyrrole nitrogens is 1. The van der Waals surface area contributed by atoms with E-state index in [0.29, 0.717) is 11.4 Å². The zero-order valence-electron chi connectivity index (χ0n) is 11.9. The highest BCUT2D eigenvalue weighted by Crippen LogP contribution is 2.28. The average molecular weight is 300 g/mol. The molecule has 0 aliphatic heterocycles. The Kier molecular flexibility index (Phi) is 3.77. The van der Waals surface area contributed by atoms with E-state index in [1.54, 1.807) is 14.2 Å². The minimum Gasteiger partial charge on any atom is -0.494 e. The van der Waals surface area contributed by atoms with Crippen LogP contribution in [0, 0.1) is 4.77 Å². The molecule has 1 heterocycles. The minimum absolute atomic E-state index is 0.536. The minimum atomic E-state index is 0.536. The summed E-state index contributed by atoms with van der Waals surface area (Å²) in [4.78, 5) is 3.23. The molecular formula is C16H16N2O2S. The predicted molar refractivity (Wildman–Crippen MR) is 85.7 cm³/mol. The number of nitrogens with zero attached hydrogens (tertiary/aromatic N) is 1. The van der Waals surface area contributed by atoms with Crippen LogP contribution in [0.3, 0.4) is 0 Å². The van der Waals surface area contributed by atoms with Gasteiger partial charge in [0.25, 0.3) is 0 Å². The molecule has 0 fully saturated rings. The number of rotatable bonds is 4. The van der Waals surface area contributed by atoms with Crippen LogP contribution in [0.25, 0.3) is 16.7 Å². The van der Waals surface area contributed by atoms with Crippen molar-refractivity contribution in [3.05, 3.63) is 52.8 Å². The third-order valence-electron chi connectivity index (χ3n) is 3.43. The number of aromatic nitrogens is 2. The predicted octanol–water partition coefficient (Wildman–Crippen LogP) is 3.84. The topological polar surface area (TPSA) is 39.2 Å². The molecule has 5 heteroatoms. The third-order valence-corrected chi connectivity index (χ3v) is 3.72. The lowest BCUT2D eigenvalue weighted by Gasteiger charge is -2.11. The molecule has 2 aromatic carbocycles. The average Bonchev–Trinajstić information content (AvgIpc) is 2.84. The van der Waals surface area contributed by atoms with Crippen molar-refractivity contribution in [3.63, 3.8) is 0 Å². The molecule has 0 unspecified atom stereocenters. The molecule has 108 valence electrons. The monoisotopic (exact) mass is 300 g/mol. The lowest BCUT2D eigenvalue weighted by molar-refractivity contribution is 0.185. The highest BCUT2D eigenvalue weighted by molar-refractivity contribution is 7.71. The second kappa shape index (κ2) is 5.71. The van der Waals surface area contributed by atoms with Gasteiger partial charge in [0.2, 0.25) is 0 Å². The number of para-hydroxylation sites is 2. The SMILES string of the molecule is COCc1ccccc1-n1c(=S)[nH]c2c(OC)cccc21. The third kappa shape index (κ3) is 2.34. The van der Waals surface area contributed by atoms with Crippen molar-refractivity contribution in [2.24, 2.45) is 0 Å². The van der Waals surface area contributed by atoms with Crippen LogP contribution in [0.4, 0.5) is 0 Å². The Balaban J connectivity index is 2.31. The first kappa shape index (κ1) is 13.9. The highest BCUT2D eigenvalue weighted by atomic mass is 32.1. The van der Waals surface area contributed by atoms with Gasteiger partial charge in [-0.05, 0) is 30.4 Å². The standard InChI is InChI=1S/C16H16N2O2S/c1-19-10-11-6-3-4-7-12(11)18-13-8-5-9-14(20-2)15(13)17-16(18)21/h3-9H,10H2,1-2H3,(H,17,21). The van der Waals surface area contributed by atoms with Crippen molar-refractivity contribution in [2.45, 2.75) is 6.61 Å². The molecule has 0 radical (unpaired) electrons. The smallest absolute Gasteiger partial charge is 0.182 e. The first-order chi connectivity index (χ1) is 10.3. The molecule has 1 aromatic heterocycles. The van der Waals surface area contributed by atoms with Gasteiger partial charge in [0.05, 0.1) is 24.9 Å². The molecule has 0 saturated carbocycles. The summed E-state index contributed by atoms with van der Waals surface area (Å²) in [5.41, 5.74) is 3.99. The van der Waals surface area contributed by atoms with E-state index < -0.39 is 0 Å². The number of ether oxygens (including phenoxy) is 2. The maximum Gasteiger partial charge on any atom is 0.182 e. The molecule has 3 aromatic rings. The molecular weight excluding hydrogens is 284 g/mol. The molecule has 0 aliphatic carbocycles. The lowest BCUT2D eigenvalue weighted by atomic mass is 10.2. The van der Waals surface area contributed by atoms with Crippen LogP contribution >= 0.6 is 12.2 Å². The molecule has 0 atom stereocenters. The molecule has 0 bridgehead atoms. The number of benzene rings is 2. The Morgan fingerprint density at radius 3 is 2.67 bits per heavy atom. The van der Waals surface area contributed by atoms with E-state index in [9.17, 15) is 0 Å². The zero-order valence-corrected chi connectivity index (χ0v) is 12.7. The van der Waals surface area contributed by atoms with E-state index in [1.807, 2.05) is 47.0 Å². The van der Waals surface area contributed by atoms with Gasteiger partial charge in [-0.15, -0.1) is 0 Å². The number of aromatic amines is 1. The van der Waals surface area contributed by atoms with Gasteiger partial charge >= 0.3 is 0 Å². The summed E-state index contributed by atoms with van der Waals surface area (Å²) >= 11 is 5.50. The maximum atomic E-state index is 5.50. The number of hydrogen-bond donors (Lipinski definition) is 1. The molecule has 0 amide bonds. The van der Waals surface area contributed by atoms with Gasteiger partial charge in [-0.1, -0.05) is 24.3 Å². The van der Waals surface area contributed by atoms with E-state index in [4.69, 9.17) is 21.7 Å². The summed E-state index contributed by atoms with van der Waals surface area (Å²) in [6.07, 6.45) is 0. The Morgan fingerprint density at radius 1 is 1.10 bits per heavy atom. The highest BCUT2D eigenvalue weighted by Gasteiger charge is 2.12. The number of fused-ring (bicyclic) bond motifs is 1. The van der Waals surface area contributed by atoms with E-state index in [-0.39, 0.29) is 0 Å². The number of hydrogen-bond acceptors (Lipinski definition) is 3. The van der Waals surface area contributed by atoms with Crippen molar-refractivity contribution in [1.29, 1.82) is 0 Å². The van der Waals surface area contributed by atoms with Crippen molar-refractivity contribution in [3.8, 4) is 11.4 Å². The normalized spacial score (nSPS) is 11.0. The van der Waals surface area contributed by atoms with E-state index >= 15 is 0 Å². The number of nitrogens with one attached hydrogen (secondary N) is 1. The van der Waals surface area contributed by atoms with Gasteiger partial charge in [0, 0.05) is 12.7 Å². The van der Waals surface area contributed by atoms with Gasteiger partial charge in [-0.3, -0.25) is 4.57 Å². The molecule has 0 saturated heterocycles. The summed E-state index contributed by atoms with van der Waals surface area (Å²) < 4.78 is 13.3. The first-order valence-electron chi connectivity index (χ1n) is 6.61. The van der Waals surface area contributed by atoms with Crippen LogP contribution in [-0.4, -0.2) is 23.8 Å². The van der Waals surface area contributed by atoms with Crippen LogP contribution in [0.1, 0.15) is 5.56 Å². The second-order valence-electron chi connectivity index (χ2n) is 4.68. The van der Waals surface area contributed by atoms with Gasteiger partial charge in [-0.2, -0.15) is 0 Å². The van der Waals surface area contributed by atoms with Crippen LogP contribution in [0.2, 0.25) is 0 Å². The first-order valence-corrected chi connectivity index (χ1v) is 7.02. The summed E-state index contributed by atoms with van der Waals surface area (Å²) in [6.45, 7) is 0.536. The Bertz CT molecular complexity index is 836. The van der Waals surface area contributed by atoms with Crippen LogP contribution in [0.5, 0.6) is 5.75 Å². The number of imidazole rings is 1. The second-order valence-corrected chi connectivity index (χ2v) is 5.07. The quantitative estimate of drug-likeness (QED) is 0.744. The van der Waals surface area contributed by atoms with Crippen molar-refractivity contribution in [2.75, 3.05) is 14.2 Å². The summed E-state index contributed by atoms with van der Waals surface area (Å²) in [5.74, 6) is 0.779. The summed E-state index contributed by atoms with van der Waals surface area (Å²) in [5, 5.41) is 0. The maximum absolute atomic E-state index is 5.50. The molecule has 1 N–H and O–H groups in total. The van der Waals surface area contributed by atoms with E-state index in [2.05, 4.69) is 4.98 Å². The Morgan fingerprint density at radius 2 is 1.90 bits per heavy atom. The van der Waals surface area contributed by atoms with Gasteiger partial charge in [-0.25, -0.2) is 0 Å². The fourth-order valence-corrected chi connectivity index (χ4v) is 2.82. The van der Waals surface area contributed by atoms with Crippen molar-refractivity contribution < 1.29 is 9.47 Å². The van der Waals surface area contributed by atoms with Gasteiger partial charge in [0.15, 0.2) is 4.77 Å². The molecule has 4 nitrogen and oxygen atoms in total. The van der Waals surface area contributed by atoms with Gasteiger partial charge < -0.3 is 14.5 Å². The molecule has 0 aliphatic rings. The molecule has 3 rings (SSSR count). The van der Waals surface area contributed by atoms with Gasteiger partial charge in [0.1, 0.15) is 11.3 Å². The fraction of sp³-hybridized carbons (Fsp3) is 0.188. The van der Waals surface area contributed by atoms with Crippen molar-refractivity contribution in [1.82, 2.24) is 9.55 Å². The van der Waals surface area contributed by atoms with Crippen LogP contribution in [0.15, 0.2) is 42.5 Å². The zero-order chi connectivity index (χ0) is 14.8. The summed E-state index contributed by atoms with van der Waals surface area (Å²) in [7, 11) is 3.34. The van der Waals surface area contributed by atoms with Crippen LogP contribution in [-0.2, 0) is 11.3 Å². The van der Waals surface area contributed by atoms with E-state index in [1.165, 1.54) is 0 Å². The Hall–Kier alpha value is -2.11. The fourth-order valence-electron chi connectivity index (χ4n) is 2.52. The Labute approximate surface area is 127 Å². The molecule has 21 heavy (non-hydrogen) atoms. The largest absolute Gasteiger partial charge is 0.494 e. The van der Waals surface area contributed by atoms with Crippen molar-refractivity contribution >= 4 is 23.3 Å². The molecule has 0 spiro atoms. The van der Waals surface area contributed by atoms with Crippen LogP contribution < -0.4 is 4.74 Å².